The zero-order chi connectivity index (χ0) is 7.52. The van der Waals surface area contributed by atoms with Crippen molar-refractivity contribution in [2.75, 3.05) is 0 Å². The molecule has 1 aliphatic carbocycles. The lowest BCUT2D eigenvalue weighted by atomic mass is 9.82. The maximum absolute atomic E-state index is 4.89. The summed E-state index contributed by atoms with van der Waals surface area (Å²) in [4.78, 5) is 4.08. The Morgan fingerprint density at radius 3 is 3.00 bits per heavy atom. The molecule has 1 fully saturated rings. The van der Waals surface area contributed by atoms with Gasteiger partial charge in [-0.25, -0.2) is 4.98 Å². The number of hydrogen-bond donors (Lipinski definition) is 0. The lowest BCUT2D eigenvalue weighted by Crippen LogP contribution is -2.11. The molecule has 1 aromatic rings. The largest absolute Gasteiger partial charge is 0.451 e. The average molecular weight is 151 g/mol. The third-order valence-corrected chi connectivity index (χ3v) is 2.52. The summed E-state index contributed by atoms with van der Waals surface area (Å²) in [6.45, 7) is 0. The quantitative estimate of drug-likeness (QED) is 0.663. The molecule has 1 saturated carbocycles. The standard InChI is InChI=1S/C9H13NO/c1-2-8(3-1)4-5-9-6-11-7-10-9/h6-8H,1-5H2. The Morgan fingerprint density at radius 2 is 2.45 bits per heavy atom. The van der Waals surface area contributed by atoms with Crippen LogP contribution in [0, 0.1) is 5.92 Å². The highest BCUT2D eigenvalue weighted by molar-refractivity contribution is 4.91. The van der Waals surface area contributed by atoms with Crippen molar-refractivity contribution in [3.05, 3.63) is 18.4 Å². The summed E-state index contributed by atoms with van der Waals surface area (Å²) in [7, 11) is 0. The second-order valence-corrected chi connectivity index (χ2v) is 3.32. The molecule has 60 valence electrons. The third kappa shape index (κ3) is 1.62. The Balaban J connectivity index is 1.74. The number of aryl methyl sites for hydroxylation is 1. The van der Waals surface area contributed by atoms with Crippen molar-refractivity contribution in [3.63, 3.8) is 0 Å². The predicted molar refractivity (Wildman–Crippen MR) is 42.2 cm³/mol. The van der Waals surface area contributed by atoms with Crippen LogP contribution in [0.25, 0.3) is 0 Å². The highest BCUT2D eigenvalue weighted by Crippen LogP contribution is 2.30. The number of aromatic nitrogens is 1. The van der Waals surface area contributed by atoms with Gasteiger partial charge in [0.25, 0.3) is 0 Å². The van der Waals surface area contributed by atoms with E-state index < -0.39 is 0 Å². The first-order valence-corrected chi connectivity index (χ1v) is 4.32. The molecule has 0 aliphatic heterocycles. The van der Waals surface area contributed by atoms with Crippen LogP contribution < -0.4 is 0 Å². The third-order valence-electron chi connectivity index (χ3n) is 2.52. The van der Waals surface area contributed by atoms with Crippen molar-refractivity contribution in [2.45, 2.75) is 32.1 Å². The van der Waals surface area contributed by atoms with Gasteiger partial charge in [-0.1, -0.05) is 19.3 Å². The monoisotopic (exact) mass is 151 g/mol. The van der Waals surface area contributed by atoms with Crippen LogP contribution in [-0.2, 0) is 6.42 Å². The van der Waals surface area contributed by atoms with Gasteiger partial charge in [-0.3, -0.25) is 0 Å². The molecule has 2 rings (SSSR count). The van der Waals surface area contributed by atoms with Gasteiger partial charge in [0.2, 0.25) is 0 Å². The van der Waals surface area contributed by atoms with E-state index in [4.69, 9.17) is 4.42 Å². The molecule has 0 atom stereocenters. The van der Waals surface area contributed by atoms with Gasteiger partial charge < -0.3 is 4.42 Å². The van der Waals surface area contributed by atoms with Crippen LogP contribution in [0.4, 0.5) is 0 Å². The Kier molecular flexibility index (Phi) is 1.93. The maximum atomic E-state index is 4.89. The van der Waals surface area contributed by atoms with Crippen molar-refractivity contribution >= 4 is 0 Å². The average Bonchev–Trinajstić information content (AvgIpc) is 2.36. The summed E-state index contributed by atoms with van der Waals surface area (Å²) in [5, 5.41) is 0. The second kappa shape index (κ2) is 3.07. The topological polar surface area (TPSA) is 26.0 Å². The van der Waals surface area contributed by atoms with Crippen LogP contribution in [0.15, 0.2) is 17.1 Å². The van der Waals surface area contributed by atoms with E-state index in [0.29, 0.717) is 0 Å². The summed E-state index contributed by atoms with van der Waals surface area (Å²) < 4.78 is 4.89. The Hall–Kier alpha value is -0.790. The van der Waals surface area contributed by atoms with E-state index in [1.165, 1.54) is 32.1 Å². The van der Waals surface area contributed by atoms with E-state index in [9.17, 15) is 0 Å². The molecule has 2 nitrogen and oxygen atoms in total. The van der Waals surface area contributed by atoms with Crippen LogP contribution in [0.1, 0.15) is 31.4 Å². The molecule has 0 spiro atoms. The molecule has 0 bridgehead atoms. The number of nitrogens with zero attached hydrogens (tertiary/aromatic N) is 1. The first kappa shape index (κ1) is 6.89. The molecule has 0 N–H and O–H groups in total. The molecule has 1 heterocycles. The van der Waals surface area contributed by atoms with E-state index in [1.54, 1.807) is 6.26 Å². The summed E-state index contributed by atoms with van der Waals surface area (Å²) in [5.74, 6) is 0.978. The SMILES string of the molecule is c1nc(CCC2CCC2)co1. The molecule has 0 unspecified atom stereocenters. The smallest absolute Gasteiger partial charge is 0.180 e. The number of hydrogen-bond acceptors (Lipinski definition) is 2. The molecule has 0 amide bonds. The Labute approximate surface area is 66.6 Å². The fourth-order valence-corrected chi connectivity index (χ4v) is 1.49. The minimum atomic E-state index is 0.978. The van der Waals surface area contributed by atoms with Gasteiger partial charge in [0, 0.05) is 0 Å². The molecular formula is C9H13NO. The minimum absolute atomic E-state index is 0.978. The summed E-state index contributed by atoms with van der Waals surface area (Å²) >= 11 is 0. The fourth-order valence-electron chi connectivity index (χ4n) is 1.49. The molecule has 1 aliphatic rings. The van der Waals surface area contributed by atoms with E-state index in [-0.39, 0.29) is 0 Å². The number of rotatable bonds is 3. The van der Waals surface area contributed by atoms with Crippen LogP contribution in [0.2, 0.25) is 0 Å². The van der Waals surface area contributed by atoms with Crippen LogP contribution in [-0.4, -0.2) is 4.98 Å². The second-order valence-electron chi connectivity index (χ2n) is 3.32. The highest BCUT2D eigenvalue weighted by Gasteiger charge is 2.16. The van der Waals surface area contributed by atoms with Crippen molar-refractivity contribution in [3.8, 4) is 0 Å². The van der Waals surface area contributed by atoms with Gasteiger partial charge in [-0.2, -0.15) is 0 Å². The first-order chi connectivity index (χ1) is 5.45. The van der Waals surface area contributed by atoms with Crippen LogP contribution in [0.3, 0.4) is 0 Å². The Bertz CT molecular complexity index is 201. The summed E-state index contributed by atoms with van der Waals surface area (Å²) in [5.41, 5.74) is 1.11. The van der Waals surface area contributed by atoms with Crippen molar-refractivity contribution in [1.29, 1.82) is 0 Å². The van der Waals surface area contributed by atoms with Gasteiger partial charge in [0.15, 0.2) is 6.39 Å². The molecular weight excluding hydrogens is 138 g/mol. The summed E-state index contributed by atoms with van der Waals surface area (Å²) in [6.07, 6.45) is 9.95. The van der Waals surface area contributed by atoms with Gasteiger partial charge in [-0.05, 0) is 18.8 Å². The van der Waals surface area contributed by atoms with E-state index in [0.717, 1.165) is 18.0 Å². The molecule has 0 saturated heterocycles. The van der Waals surface area contributed by atoms with Crippen molar-refractivity contribution in [2.24, 2.45) is 5.92 Å². The van der Waals surface area contributed by atoms with E-state index in [1.807, 2.05) is 0 Å². The first-order valence-electron chi connectivity index (χ1n) is 4.32. The van der Waals surface area contributed by atoms with Gasteiger partial charge in [-0.15, -0.1) is 0 Å². The zero-order valence-electron chi connectivity index (χ0n) is 6.62. The predicted octanol–water partition coefficient (Wildman–Crippen LogP) is 2.41. The molecule has 0 radical (unpaired) electrons. The molecule has 1 aromatic heterocycles. The highest BCUT2D eigenvalue weighted by atomic mass is 16.3. The lowest BCUT2D eigenvalue weighted by molar-refractivity contribution is 0.295. The van der Waals surface area contributed by atoms with Gasteiger partial charge in [0.05, 0.1) is 5.69 Å². The van der Waals surface area contributed by atoms with Crippen molar-refractivity contribution < 1.29 is 4.42 Å². The number of oxazole rings is 1. The van der Waals surface area contributed by atoms with E-state index >= 15 is 0 Å². The van der Waals surface area contributed by atoms with Crippen LogP contribution in [0.5, 0.6) is 0 Å². The van der Waals surface area contributed by atoms with Gasteiger partial charge >= 0.3 is 0 Å². The van der Waals surface area contributed by atoms with E-state index in [2.05, 4.69) is 4.98 Å². The van der Waals surface area contributed by atoms with Crippen LogP contribution >= 0.6 is 0 Å². The Morgan fingerprint density at radius 1 is 1.55 bits per heavy atom. The lowest BCUT2D eigenvalue weighted by Gasteiger charge is -2.24. The molecule has 2 heteroatoms. The zero-order valence-corrected chi connectivity index (χ0v) is 6.62. The minimum Gasteiger partial charge on any atom is -0.451 e. The maximum Gasteiger partial charge on any atom is 0.180 e. The fraction of sp³-hybridized carbons (Fsp3) is 0.667. The summed E-state index contributed by atoms with van der Waals surface area (Å²) in [6, 6.07) is 0. The normalized spacial score (nSPS) is 18.2. The van der Waals surface area contributed by atoms with Gasteiger partial charge in [0.1, 0.15) is 6.26 Å². The molecule has 11 heavy (non-hydrogen) atoms. The van der Waals surface area contributed by atoms with Crippen molar-refractivity contribution in [1.82, 2.24) is 4.98 Å². The molecule has 0 aromatic carbocycles.